The van der Waals surface area contributed by atoms with E-state index in [9.17, 15) is 4.39 Å². The molecule has 9 heteroatoms. The lowest BCUT2D eigenvalue weighted by molar-refractivity contribution is 0.227. The van der Waals surface area contributed by atoms with Crippen LogP contribution in [0.5, 0.6) is 11.5 Å². The van der Waals surface area contributed by atoms with Gasteiger partial charge in [-0.05, 0) is 55.8 Å². The van der Waals surface area contributed by atoms with Gasteiger partial charge in [0.15, 0.2) is 17.3 Å². The van der Waals surface area contributed by atoms with E-state index in [1.54, 1.807) is 6.07 Å². The van der Waals surface area contributed by atoms with E-state index in [4.69, 9.17) is 36.8 Å². The smallest absolute Gasteiger partial charge is 0.166 e. The van der Waals surface area contributed by atoms with Crippen LogP contribution in [0.1, 0.15) is 17.0 Å². The first-order valence-electron chi connectivity index (χ1n) is 12.3. The summed E-state index contributed by atoms with van der Waals surface area (Å²) in [7, 11) is -0.521. The summed E-state index contributed by atoms with van der Waals surface area (Å²) in [6, 6.07) is 6.05. The number of hydrogen-bond acceptors (Lipinski definition) is 6. The molecule has 2 atom stereocenters. The first kappa shape index (κ1) is 19.0. The van der Waals surface area contributed by atoms with Crippen molar-refractivity contribution in [2.24, 2.45) is 17.8 Å². The van der Waals surface area contributed by atoms with Gasteiger partial charge in [0.05, 0.1) is 39.0 Å². The van der Waals surface area contributed by atoms with Crippen LogP contribution in [-0.2, 0) is 0 Å². The maximum atomic E-state index is 14.7. The molecule has 2 aromatic carbocycles. The molecule has 2 heterocycles. The van der Waals surface area contributed by atoms with E-state index >= 15 is 0 Å². The summed E-state index contributed by atoms with van der Waals surface area (Å²) in [6.45, 7) is 2.64. The monoisotopic (exact) mass is 493 g/mol. The number of likely N-dealkylation sites (tertiary alicyclic amines) is 1. The largest absolute Gasteiger partial charge is 0.493 e. The van der Waals surface area contributed by atoms with Crippen LogP contribution in [-0.4, -0.2) is 48.6 Å². The van der Waals surface area contributed by atoms with Gasteiger partial charge in [0, 0.05) is 24.5 Å². The third kappa shape index (κ3) is 4.42. The van der Waals surface area contributed by atoms with Gasteiger partial charge in [-0.15, -0.1) is 0 Å². The summed E-state index contributed by atoms with van der Waals surface area (Å²) in [4.78, 5) is 10.8. The van der Waals surface area contributed by atoms with Crippen molar-refractivity contribution in [1.82, 2.24) is 14.9 Å². The molecule has 1 saturated heterocycles. The first-order valence-corrected chi connectivity index (χ1v) is 11.5. The molecule has 1 saturated carbocycles. The molecular formula is C24H25Cl2FN4O2. The SMILES string of the molecule is [2H]C([2H])([2H])Oc1cc2ncnc(Nc3ccc(Cl)c(Cl)c3F)c2cc1OCC1CC2CN(C)CC2C1. The van der Waals surface area contributed by atoms with Gasteiger partial charge >= 0.3 is 0 Å². The number of benzene rings is 2. The second kappa shape index (κ2) is 9.12. The Hall–Kier alpha value is -2.35. The molecule has 2 aliphatic rings. The number of methoxy groups -OCH3 is 1. The Bertz CT molecular complexity index is 1280. The van der Waals surface area contributed by atoms with E-state index < -0.39 is 12.9 Å². The minimum Gasteiger partial charge on any atom is -0.493 e. The average Bonchev–Trinajstić information content (AvgIpc) is 3.34. The molecule has 2 fully saturated rings. The Morgan fingerprint density at radius 3 is 2.73 bits per heavy atom. The first-order chi connectivity index (χ1) is 17.1. The van der Waals surface area contributed by atoms with Crippen molar-refractivity contribution in [2.75, 3.05) is 39.1 Å². The fourth-order valence-corrected chi connectivity index (χ4v) is 5.42. The second-order valence-electron chi connectivity index (χ2n) is 8.88. The van der Waals surface area contributed by atoms with E-state index in [2.05, 4.69) is 27.2 Å². The highest BCUT2D eigenvalue weighted by Crippen LogP contribution is 2.42. The highest BCUT2D eigenvalue weighted by Gasteiger charge is 2.39. The minimum atomic E-state index is -2.67. The van der Waals surface area contributed by atoms with Gasteiger partial charge < -0.3 is 19.7 Å². The van der Waals surface area contributed by atoms with Crippen molar-refractivity contribution in [1.29, 1.82) is 0 Å². The fourth-order valence-electron chi connectivity index (χ4n) is 5.11. The third-order valence-electron chi connectivity index (χ3n) is 6.60. The molecule has 0 bridgehead atoms. The van der Waals surface area contributed by atoms with E-state index in [1.807, 2.05) is 0 Å². The zero-order valence-corrected chi connectivity index (χ0v) is 19.5. The van der Waals surface area contributed by atoms with Gasteiger partial charge in [-0.1, -0.05) is 23.2 Å². The molecule has 33 heavy (non-hydrogen) atoms. The number of nitrogens with zero attached hydrogens (tertiary/aromatic N) is 3. The number of ether oxygens (including phenoxy) is 2. The van der Waals surface area contributed by atoms with Crippen LogP contribution in [0.25, 0.3) is 10.9 Å². The number of anilines is 2. The molecule has 3 aromatic rings. The Morgan fingerprint density at radius 2 is 1.97 bits per heavy atom. The molecule has 1 N–H and O–H groups in total. The maximum Gasteiger partial charge on any atom is 0.166 e. The third-order valence-corrected chi connectivity index (χ3v) is 7.39. The van der Waals surface area contributed by atoms with Gasteiger partial charge in [-0.3, -0.25) is 0 Å². The van der Waals surface area contributed by atoms with E-state index in [-0.39, 0.29) is 27.2 Å². The number of rotatable bonds is 6. The van der Waals surface area contributed by atoms with Crippen molar-refractivity contribution >= 4 is 45.6 Å². The summed E-state index contributed by atoms with van der Waals surface area (Å²) in [5.41, 5.74) is 0.482. The number of hydrogen-bond donors (Lipinski definition) is 1. The molecule has 1 aromatic heterocycles. The topological polar surface area (TPSA) is 59.5 Å². The van der Waals surface area contributed by atoms with Crippen LogP contribution in [0.3, 0.4) is 0 Å². The van der Waals surface area contributed by atoms with Crippen molar-refractivity contribution < 1.29 is 18.0 Å². The summed E-state index contributed by atoms with van der Waals surface area (Å²) in [6.07, 6.45) is 3.43. The number of aromatic nitrogens is 2. The molecule has 0 spiro atoms. The summed E-state index contributed by atoms with van der Waals surface area (Å²) in [5, 5.41) is 3.32. The van der Waals surface area contributed by atoms with Crippen LogP contribution in [0.15, 0.2) is 30.6 Å². The van der Waals surface area contributed by atoms with E-state index in [0.717, 1.165) is 25.9 Å². The van der Waals surface area contributed by atoms with Crippen LogP contribution in [0, 0.1) is 23.6 Å². The lowest BCUT2D eigenvalue weighted by Crippen LogP contribution is -2.18. The Labute approximate surface area is 206 Å². The van der Waals surface area contributed by atoms with Crippen LogP contribution < -0.4 is 14.8 Å². The van der Waals surface area contributed by atoms with Crippen molar-refractivity contribution in [3.63, 3.8) is 0 Å². The van der Waals surface area contributed by atoms with Gasteiger partial charge in [-0.2, -0.15) is 0 Å². The van der Waals surface area contributed by atoms with E-state index in [1.165, 1.54) is 24.5 Å². The Balaban J connectivity index is 1.44. The highest BCUT2D eigenvalue weighted by atomic mass is 35.5. The zero-order valence-electron chi connectivity index (χ0n) is 20.9. The molecule has 5 rings (SSSR count). The molecule has 0 amide bonds. The molecule has 174 valence electrons. The predicted octanol–water partition coefficient (Wildman–Crippen LogP) is 5.79. The number of halogens is 3. The average molecular weight is 494 g/mol. The van der Waals surface area contributed by atoms with Gasteiger partial charge in [0.2, 0.25) is 0 Å². The van der Waals surface area contributed by atoms with Crippen LogP contribution >= 0.6 is 23.2 Å². The normalized spacial score (nSPS) is 24.2. The van der Waals surface area contributed by atoms with Gasteiger partial charge in [-0.25, -0.2) is 14.4 Å². The number of fused-ring (bicyclic) bond motifs is 2. The molecule has 2 unspecified atom stereocenters. The quantitative estimate of drug-likeness (QED) is 0.438. The standard InChI is InChI=1S/C24H25Cl2FN4O2/c1-31-9-14-5-13(6-15(14)10-31)11-33-21-7-16-19(8-20(21)32-2)28-12-29-24(16)30-18-4-3-17(25)22(26)23(18)27/h3-4,7-8,12-15H,5-6,9-11H2,1-2H3,(H,28,29,30)/i2D3. The van der Waals surface area contributed by atoms with Gasteiger partial charge in [0.25, 0.3) is 0 Å². The van der Waals surface area contributed by atoms with Crippen molar-refractivity contribution in [3.05, 3.63) is 46.5 Å². The minimum absolute atomic E-state index is 0.0609. The van der Waals surface area contributed by atoms with Crippen LogP contribution in [0.4, 0.5) is 15.9 Å². The van der Waals surface area contributed by atoms with Crippen molar-refractivity contribution in [2.45, 2.75) is 12.8 Å². The summed E-state index contributed by atoms with van der Waals surface area (Å²) in [5.74, 6) is 1.62. The van der Waals surface area contributed by atoms with Crippen molar-refractivity contribution in [3.8, 4) is 11.5 Å². The molecule has 6 nitrogen and oxygen atoms in total. The molecular weight excluding hydrogens is 466 g/mol. The Morgan fingerprint density at radius 1 is 1.18 bits per heavy atom. The predicted molar refractivity (Wildman–Crippen MR) is 128 cm³/mol. The lowest BCUT2D eigenvalue weighted by Gasteiger charge is -2.18. The highest BCUT2D eigenvalue weighted by molar-refractivity contribution is 6.42. The maximum absolute atomic E-state index is 14.7. The summed E-state index contributed by atoms with van der Waals surface area (Å²) < 4.78 is 48.8. The second-order valence-corrected chi connectivity index (χ2v) is 9.66. The molecule has 1 aliphatic carbocycles. The fraction of sp³-hybridized carbons (Fsp3) is 0.417. The zero-order chi connectivity index (χ0) is 25.6. The molecule has 1 aliphatic heterocycles. The number of nitrogens with one attached hydrogen (secondary N) is 1. The molecule has 0 radical (unpaired) electrons. The lowest BCUT2D eigenvalue weighted by atomic mass is 10.0. The Kier molecular flexibility index (Phi) is 5.25. The van der Waals surface area contributed by atoms with Gasteiger partial charge in [0.1, 0.15) is 12.1 Å². The summed E-state index contributed by atoms with van der Waals surface area (Å²) >= 11 is 11.8. The van der Waals surface area contributed by atoms with E-state index in [0.29, 0.717) is 41.1 Å². The van der Waals surface area contributed by atoms with Crippen LogP contribution in [0.2, 0.25) is 10.0 Å².